The van der Waals surface area contributed by atoms with Crippen LogP contribution >= 0.6 is 24.0 Å². The molecule has 2 aromatic carbocycles. The summed E-state index contributed by atoms with van der Waals surface area (Å²) in [6.07, 6.45) is -3.89. The minimum atomic E-state index is -4.71. The van der Waals surface area contributed by atoms with Crippen LogP contribution < -0.4 is 20.7 Å². The van der Waals surface area contributed by atoms with Gasteiger partial charge in [0.25, 0.3) is 0 Å². The van der Waals surface area contributed by atoms with Crippen LogP contribution in [0.2, 0.25) is 0 Å². The second kappa shape index (κ2) is 10.9. The van der Waals surface area contributed by atoms with Crippen LogP contribution in [0.3, 0.4) is 0 Å². The molecule has 0 aromatic heterocycles. The van der Waals surface area contributed by atoms with Crippen LogP contribution in [0, 0.1) is 0 Å². The van der Waals surface area contributed by atoms with Crippen molar-refractivity contribution < 1.29 is 17.9 Å². The Kier molecular flexibility index (Phi) is 9.19. The molecule has 148 valence electrons. The van der Waals surface area contributed by atoms with Crippen molar-refractivity contribution in [3.05, 3.63) is 54.6 Å². The van der Waals surface area contributed by atoms with Crippen LogP contribution in [-0.4, -0.2) is 32.5 Å². The lowest BCUT2D eigenvalue weighted by Crippen LogP contribution is -2.24. The summed E-state index contributed by atoms with van der Waals surface area (Å²) in [6.45, 7) is 1.36. The third kappa shape index (κ3) is 8.85. The van der Waals surface area contributed by atoms with Crippen LogP contribution in [-0.2, 0) is 0 Å². The fourth-order valence-electron chi connectivity index (χ4n) is 2.25. The second-order valence-corrected chi connectivity index (χ2v) is 5.57. The average molecular weight is 494 g/mol. The molecule has 0 heterocycles. The number of hydrogen-bond donors (Lipinski definition) is 2. The van der Waals surface area contributed by atoms with Crippen molar-refractivity contribution in [3.63, 3.8) is 0 Å². The smallest absolute Gasteiger partial charge is 0.406 e. The number of benzene rings is 2. The molecule has 2 aromatic rings. The predicted octanol–water partition coefficient (Wildman–Crippen LogP) is 4.46. The minimum absolute atomic E-state index is 0. The SMILES string of the molecule is CN(CCCN=C(N)Nc1ccc(OC(F)(F)F)cc1)c1ccccc1.I. The fraction of sp³-hybridized carbons (Fsp3) is 0.278. The molecular formula is C18H22F3IN4O. The number of alkyl halides is 3. The summed E-state index contributed by atoms with van der Waals surface area (Å²) in [5.74, 6) is -0.0839. The van der Waals surface area contributed by atoms with E-state index in [4.69, 9.17) is 5.73 Å². The molecule has 5 nitrogen and oxygen atoms in total. The van der Waals surface area contributed by atoms with E-state index >= 15 is 0 Å². The Labute approximate surface area is 173 Å². The quantitative estimate of drug-likeness (QED) is 0.259. The Morgan fingerprint density at radius 3 is 2.33 bits per heavy atom. The zero-order valence-electron chi connectivity index (χ0n) is 14.7. The number of aliphatic imine (C=N–C) groups is 1. The Morgan fingerprint density at radius 2 is 1.74 bits per heavy atom. The molecule has 0 saturated carbocycles. The summed E-state index contributed by atoms with van der Waals surface area (Å²) < 4.78 is 40.1. The number of ether oxygens (including phenoxy) is 1. The van der Waals surface area contributed by atoms with Gasteiger partial charge in [0.05, 0.1) is 0 Å². The number of rotatable bonds is 7. The van der Waals surface area contributed by atoms with E-state index in [9.17, 15) is 13.2 Å². The highest BCUT2D eigenvalue weighted by Crippen LogP contribution is 2.23. The molecule has 0 aliphatic rings. The van der Waals surface area contributed by atoms with E-state index in [1.165, 1.54) is 24.3 Å². The zero-order valence-corrected chi connectivity index (χ0v) is 17.1. The number of anilines is 2. The number of hydrogen-bond acceptors (Lipinski definition) is 3. The van der Waals surface area contributed by atoms with Crippen molar-refractivity contribution in [1.82, 2.24) is 0 Å². The van der Waals surface area contributed by atoms with E-state index in [2.05, 4.69) is 19.9 Å². The van der Waals surface area contributed by atoms with Crippen LogP contribution in [0.4, 0.5) is 24.5 Å². The maximum atomic E-state index is 12.1. The standard InChI is InChI=1S/C18H21F3N4O.HI/c1-25(15-6-3-2-4-7-15)13-5-12-23-17(22)24-14-8-10-16(11-9-14)26-18(19,20)21;/h2-4,6-11H,5,12-13H2,1H3,(H3,22,23,24);1H. The van der Waals surface area contributed by atoms with E-state index in [0.717, 1.165) is 18.7 Å². The van der Waals surface area contributed by atoms with Crippen molar-refractivity contribution >= 4 is 41.3 Å². The first-order chi connectivity index (χ1) is 12.3. The molecular weight excluding hydrogens is 472 g/mol. The second-order valence-electron chi connectivity index (χ2n) is 5.57. The van der Waals surface area contributed by atoms with Gasteiger partial charge >= 0.3 is 6.36 Å². The molecule has 0 amide bonds. The van der Waals surface area contributed by atoms with E-state index in [1.54, 1.807) is 0 Å². The summed E-state index contributed by atoms with van der Waals surface area (Å²) in [5.41, 5.74) is 7.45. The third-order valence-corrected chi connectivity index (χ3v) is 3.49. The lowest BCUT2D eigenvalue weighted by atomic mass is 10.3. The highest BCUT2D eigenvalue weighted by atomic mass is 127. The average Bonchev–Trinajstić information content (AvgIpc) is 2.60. The minimum Gasteiger partial charge on any atom is -0.406 e. The van der Waals surface area contributed by atoms with Gasteiger partial charge in [0, 0.05) is 31.5 Å². The molecule has 9 heteroatoms. The molecule has 0 aliphatic heterocycles. The normalized spacial score (nSPS) is 11.5. The van der Waals surface area contributed by atoms with Crippen LogP contribution in [0.1, 0.15) is 6.42 Å². The highest BCUT2D eigenvalue weighted by molar-refractivity contribution is 14.0. The van der Waals surface area contributed by atoms with Gasteiger partial charge in [-0.1, -0.05) is 18.2 Å². The summed E-state index contributed by atoms with van der Waals surface area (Å²) in [5, 5.41) is 2.83. The fourth-order valence-corrected chi connectivity index (χ4v) is 2.25. The van der Waals surface area contributed by atoms with Crippen molar-refractivity contribution in [2.24, 2.45) is 10.7 Å². The number of nitrogens with one attached hydrogen (secondary N) is 1. The lowest BCUT2D eigenvalue weighted by Gasteiger charge is -2.18. The van der Waals surface area contributed by atoms with Crippen molar-refractivity contribution in [2.75, 3.05) is 30.4 Å². The largest absolute Gasteiger partial charge is 0.573 e. The maximum Gasteiger partial charge on any atom is 0.573 e. The number of nitrogens with two attached hydrogens (primary N) is 1. The predicted molar refractivity (Wildman–Crippen MR) is 113 cm³/mol. The molecule has 0 fully saturated rings. The zero-order chi connectivity index (χ0) is 19.0. The molecule has 27 heavy (non-hydrogen) atoms. The molecule has 0 atom stereocenters. The summed E-state index contributed by atoms with van der Waals surface area (Å²) in [6, 6.07) is 15.3. The molecule has 0 aliphatic carbocycles. The van der Waals surface area contributed by atoms with Gasteiger partial charge < -0.3 is 20.7 Å². The molecule has 0 radical (unpaired) electrons. The first-order valence-corrected chi connectivity index (χ1v) is 8.02. The highest BCUT2D eigenvalue weighted by Gasteiger charge is 2.30. The molecule has 0 saturated heterocycles. The van der Waals surface area contributed by atoms with E-state index in [1.807, 2.05) is 37.4 Å². The van der Waals surface area contributed by atoms with Crippen LogP contribution in [0.25, 0.3) is 0 Å². The number of para-hydroxylation sites is 1. The summed E-state index contributed by atoms with van der Waals surface area (Å²) in [4.78, 5) is 6.34. The first-order valence-electron chi connectivity index (χ1n) is 8.02. The van der Waals surface area contributed by atoms with Gasteiger partial charge in [-0.15, -0.1) is 37.1 Å². The monoisotopic (exact) mass is 494 g/mol. The van der Waals surface area contributed by atoms with Gasteiger partial charge in [0.15, 0.2) is 5.96 Å². The van der Waals surface area contributed by atoms with Crippen molar-refractivity contribution in [2.45, 2.75) is 12.8 Å². The van der Waals surface area contributed by atoms with E-state index < -0.39 is 6.36 Å². The Balaban J connectivity index is 0.00000364. The topological polar surface area (TPSA) is 62.9 Å². The van der Waals surface area contributed by atoms with Crippen LogP contribution in [0.15, 0.2) is 59.6 Å². The molecule has 0 bridgehead atoms. The van der Waals surface area contributed by atoms with Crippen LogP contribution in [0.5, 0.6) is 5.75 Å². The van der Waals surface area contributed by atoms with Gasteiger partial charge in [-0.2, -0.15) is 0 Å². The van der Waals surface area contributed by atoms with Gasteiger partial charge in [-0.25, -0.2) is 0 Å². The Morgan fingerprint density at radius 1 is 1.11 bits per heavy atom. The number of nitrogens with zero attached hydrogens (tertiary/aromatic N) is 2. The Hall–Kier alpha value is -2.17. The summed E-state index contributed by atoms with van der Waals surface area (Å²) in [7, 11) is 2.01. The van der Waals surface area contributed by atoms with Gasteiger partial charge in [-0.3, -0.25) is 4.99 Å². The van der Waals surface area contributed by atoms with Gasteiger partial charge in [0.2, 0.25) is 0 Å². The molecule has 0 spiro atoms. The third-order valence-electron chi connectivity index (χ3n) is 3.49. The van der Waals surface area contributed by atoms with Crippen molar-refractivity contribution in [3.8, 4) is 5.75 Å². The maximum absolute atomic E-state index is 12.1. The number of guanidine groups is 1. The van der Waals surface area contributed by atoms with E-state index in [0.29, 0.717) is 12.2 Å². The lowest BCUT2D eigenvalue weighted by molar-refractivity contribution is -0.274. The molecule has 0 unspecified atom stereocenters. The van der Waals surface area contributed by atoms with Gasteiger partial charge in [-0.05, 0) is 42.8 Å². The summed E-state index contributed by atoms with van der Waals surface area (Å²) >= 11 is 0. The first kappa shape index (κ1) is 22.9. The Bertz CT molecular complexity index is 709. The van der Waals surface area contributed by atoms with E-state index in [-0.39, 0.29) is 35.7 Å². The number of halogens is 4. The van der Waals surface area contributed by atoms with Crippen molar-refractivity contribution in [1.29, 1.82) is 0 Å². The van der Waals surface area contributed by atoms with Gasteiger partial charge in [0.1, 0.15) is 5.75 Å². The molecule has 2 rings (SSSR count). The molecule has 3 N–H and O–H groups in total.